The predicted octanol–water partition coefficient (Wildman–Crippen LogP) is 6.83. The van der Waals surface area contributed by atoms with E-state index in [0.29, 0.717) is 22.5 Å². The highest BCUT2D eigenvalue weighted by molar-refractivity contribution is 5.84. The van der Waals surface area contributed by atoms with E-state index in [1.807, 2.05) is 24.3 Å². The predicted molar refractivity (Wildman–Crippen MR) is 100 cm³/mol. The number of aryl methyl sites for hydroxylation is 2. The lowest BCUT2D eigenvalue weighted by Crippen LogP contribution is -1.90. The lowest BCUT2D eigenvalue weighted by atomic mass is 9.95. The van der Waals surface area contributed by atoms with E-state index >= 15 is 0 Å². The van der Waals surface area contributed by atoms with Crippen LogP contribution in [0.2, 0.25) is 0 Å². The smallest absolute Gasteiger partial charge is 0.115 e. The summed E-state index contributed by atoms with van der Waals surface area (Å²) in [6.07, 6.45) is 6.28. The van der Waals surface area contributed by atoms with Crippen molar-refractivity contribution in [3.05, 3.63) is 57.3 Å². The van der Waals surface area contributed by atoms with Gasteiger partial charge in [0.05, 0.1) is 0 Å². The molecule has 2 aromatic carbocycles. The highest BCUT2D eigenvalue weighted by Gasteiger charge is 2.13. The molecule has 0 N–H and O–H groups in total. The number of hydrogen-bond acceptors (Lipinski definition) is 4. The zero-order valence-electron chi connectivity index (χ0n) is 14.4. The molecule has 4 heteroatoms. The van der Waals surface area contributed by atoms with Crippen LogP contribution in [0.4, 0.5) is 11.4 Å². The Bertz CT molecular complexity index is 649. The Balaban J connectivity index is 2.50. The second-order valence-electron chi connectivity index (χ2n) is 6.09. The van der Waals surface area contributed by atoms with E-state index in [2.05, 4.69) is 24.2 Å². The fourth-order valence-electron chi connectivity index (χ4n) is 2.83. The first-order valence-corrected chi connectivity index (χ1v) is 8.66. The normalized spacial score (nSPS) is 10.6. The molecule has 0 unspecified atom stereocenters. The first kappa shape index (κ1) is 18.0. The van der Waals surface area contributed by atoms with Gasteiger partial charge in [-0.15, -0.1) is 9.81 Å². The van der Waals surface area contributed by atoms with Gasteiger partial charge in [0, 0.05) is 11.1 Å². The molecule has 0 bridgehead atoms. The van der Waals surface area contributed by atoms with Crippen LogP contribution in [0.15, 0.2) is 46.8 Å². The van der Waals surface area contributed by atoms with Crippen molar-refractivity contribution in [1.29, 1.82) is 0 Å². The van der Waals surface area contributed by atoms with E-state index in [1.54, 1.807) is 12.1 Å². The molecule has 0 radical (unpaired) electrons. The Morgan fingerprint density at radius 2 is 1.12 bits per heavy atom. The zero-order valence-corrected chi connectivity index (χ0v) is 14.4. The zero-order chi connectivity index (χ0) is 17.4. The summed E-state index contributed by atoms with van der Waals surface area (Å²) in [4.78, 5) is 22.4. The van der Waals surface area contributed by atoms with Crippen molar-refractivity contribution < 1.29 is 0 Å². The number of nitroso groups, excluding NO2 is 2. The maximum Gasteiger partial charge on any atom is 0.115 e. The van der Waals surface area contributed by atoms with E-state index in [-0.39, 0.29) is 0 Å². The van der Waals surface area contributed by atoms with Gasteiger partial charge in [0.25, 0.3) is 0 Å². The summed E-state index contributed by atoms with van der Waals surface area (Å²) in [5.41, 5.74) is 4.41. The van der Waals surface area contributed by atoms with Crippen LogP contribution in [0.3, 0.4) is 0 Å². The van der Waals surface area contributed by atoms with Gasteiger partial charge in [-0.3, -0.25) is 0 Å². The van der Waals surface area contributed by atoms with Gasteiger partial charge in [-0.05, 0) is 71.4 Å². The largest absolute Gasteiger partial charge is 0.145 e. The van der Waals surface area contributed by atoms with Crippen molar-refractivity contribution in [2.24, 2.45) is 10.4 Å². The Kier molecular flexibility index (Phi) is 6.79. The summed E-state index contributed by atoms with van der Waals surface area (Å²) in [7, 11) is 0. The molecular formula is C20H24N2O2. The molecule has 0 aliphatic rings. The van der Waals surface area contributed by atoms with E-state index in [4.69, 9.17) is 0 Å². The Morgan fingerprint density at radius 1 is 0.708 bits per heavy atom. The minimum absolute atomic E-state index is 0.354. The molecular weight excluding hydrogens is 300 g/mol. The summed E-state index contributed by atoms with van der Waals surface area (Å²) >= 11 is 0. The number of nitrogens with zero attached hydrogens (tertiary/aromatic N) is 2. The summed E-state index contributed by atoms with van der Waals surface area (Å²) < 4.78 is 0. The summed E-state index contributed by atoms with van der Waals surface area (Å²) in [5, 5.41) is 6.28. The van der Waals surface area contributed by atoms with Crippen molar-refractivity contribution in [3.63, 3.8) is 0 Å². The maximum absolute atomic E-state index is 11.2. The standard InChI is InChI=1S/C20H24N2O2/c1-3-5-7-15-9-11-19(21-23)17(13-15)18-14-16(8-6-4-2)10-12-20(18)22-24/h9-14H,3-8H2,1-2H3. The molecule has 0 saturated heterocycles. The average molecular weight is 324 g/mol. The van der Waals surface area contributed by atoms with Crippen LogP contribution >= 0.6 is 0 Å². The fourth-order valence-corrected chi connectivity index (χ4v) is 2.83. The lowest BCUT2D eigenvalue weighted by molar-refractivity contribution is 0.794. The van der Waals surface area contributed by atoms with E-state index in [9.17, 15) is 9.81 Å². The molecule has 0 atom stereocenters. The second-order valence-corrected chi connectivity index (χ2v) is 6.09. The molecule has 0 heterocycles. The number of hydrogen-bond donors (Lipinski definition) is 0. The summed E-state index contributed by atoms with van der Waals surface area (Å²) in [6.45, 7) is 4.29. The quantitative estimate of drug-likeness (QED) is 0.474. The van der Waals surface area contributed by atoms with Crippen molar-refractivity contribution in [2.45, 2.75) is 52.4 Å². The van der Waals surface area contributed by atoms with Crippen molar-refractivity contribution in [2.75, 3.05) is 0 Å². The van der Waals surface area contributed by atoms with Crippen molar-refractivity contribution >= 4 is 11.4 Å². The SMILES string of the molecule is CCCCc1ccc(N=O)c(-c2cc(CCCC)ccc2N=O)c1. The molecule has 0 aromatic heterocycles. The van der Waals surface area contributed by atoms with Gasteiger partial charge in [0.2, 0.25) is 0 Å². The first-order chi connectivity index (χ1) is 11.7. The molecule has 0 amide bonds. The van der Waals surface area contributed by atoms with Crippen LogP contribution in [-0.4, -0.2) is 0 Å². The molecule has 2 rings (SSSR count). The van der Waals surface area contributed by atoms with Gasteiger partial charge in [0.15, 0.2) is 0 Å². The van der Waals surface area contributed by atoms with Crippen LogP contribution < -0.4 is 0 Å². The summed E-state index contributed by atoms with van der Waals surface area (Å²) in [5.74, 6) is 0. The van der Waals surface area contributed by atoms with Gasteiger partial charge in [-0.25, -0.2) is 0 Å². The molecule has 0 fully saturated rings. The molecule has 0 aliphatic heterocycles. The van der Waals surface area contributed by atoms with Crippen molar-refractivity contribution in [1.82, 2.24) is 0 Å². The Labute approximate surface area is 143 Å². The number of unbranched alkanes of at least 4 members (excludes halogenated alkanes) is 2. The fraction of sp³-hybridized carbons (Fsp3) is 0.400. The highest BCUT2D eigenvalue weighted by Crippen LogP contribution is 2.38. The molecule has 0 saturated carbocycles. The van der Waals surface area contributed by atoms with Gasteiger partial charge in [0.1, 0.15) is 11.4 Å². The minimum Gasteiger partial charge on any atom is -0.145 e. The van der Waals surface area contributed by atoms with Crippen LogP contribution in [0.1, 0.15) is 50.7 Å². The van der Waals surface area contributed by atoms with Gasteiger partial charge >= 0.3 is 0 Å². The van der Waals surface area contributed by atoms with Crippen LogP contribution in [0, 0.1) is 9.81 Å². The Morgan fingerprint density at radius 3 is 1.46 bits per heavy atom. The molecule has 0 aliphatic carbocycles. The monoisotopic (exact) mass is 324 g/mol. The van der Waals surface area contributed by atoms with Gasteiger partial charge in [-0.2, -0.15) is 0 Å². The summed E-state index contributed by atoms with van der Waals surface area (Å²) in [6, 6.07) is 11.3. The molecule has 126 valence electrons. The molecule has 2 aromatic rings. The third-order valence-electron chi connectivity index (χ3n) is 4.25. The highest BCUT2D eigenvalue weighted by atomic mass is 16.3. The molecule has 24 heavy (non-hydrogen) atoms. The second kappa shape index (κ2) is 9.06. The van der Waals surface area contributed by atoms with Crippen molar-refractivity contribution in [3.8, 4) is 11.1 Å². The van der Waals surface area contributed by atoms with E-state index < -0.39 is 0 Å². The molecule has 4 nitrogen and oxygen atoms in total. The number of benzene rings is 2. The maximum atomic E-state index is 11.2. The lowest BCUT2D eigenvalue weighted by Gasteiger charge is -2.11. The first-order valence-electron chi connectivity index (χ1n) is 8.66. The van der Waals surface area contributed by atoms with Crippen LogP contribution in [0.25, 0.3) is 11.1 Å². The third-order valence-corrected chi connectivity index (χ3v) is 4.25. The topological polar surface area (TPSA) is 58.9 Å². The van der Waals surface area contributed by atoms with Gasteiger partial charge in [-0.1, -0.05) is 38.8 Å². The van der Waals surface area contributed by atoms with Gasteiger partial charge < -0.3 is 0 Å². The van der Waals surface area contributed by atoms with Crippen LogP contribution in [0.5, 0.6) is 0 Å². The van der Waals surface area contributed by atoms with E-state index in [1.165, 1.54) is 0 Å². The Hall–Kier alpha value is -2.36. The minimum atomic E-state index is 0.354. The van der Waals surface area contributed by atoms with Crippen LogP contribution in [-0.2, 0) is 12.8 Å². The third kappa shape index (κ3) is 4.34. The van der Waals surface area contributed by atoms with E-state index in [0.717, 1.165) is 49.7 Å². The average Bonchev–Trinajstić information content (AvgIpc) is 2.64. The molecule has 0 spiro atoms. The number of rotatable bonds is 9.